The molecule has 0 bridgehead atoms. The number of hydrogen-bond acceptors (Lipinski definition) is 3. The summed E-state index contributed by atoms with van der Waals surface area (Å²) in [5, 5.41) is 1.21. The monoisotopic (exact) mass is 344 g/mol. The molecule has 3 heteroatoms. The van der Waals surface area contributed by atoms with E-state index in [1.165, 1.54) is 10.1 Å². The van der Waals surface area contributed by atoms with E-state index >= 15 is 0 Å². The third-order valence-corrected chi connectivity index (χ3v) is 5.19. The van der Waals surface area contributed by atoms with Crippen LogP contribution in [0.15, 0.2) is 78.9 Å². The normalized spacial score (nSPS) is 10.7. The van der Waals surface area contributed by atoms with Crippen molar-refractivity contribution in [3.05, 3.63) is 90.0 Å². The zero-order chi connectivity index (χ0) is 17.1. The lowest BCUT2D eigenvalue weighted by molar-refractivity contribution is 0.112. The number of carbonyl (C=O) groups excluding carboxylic acids is 1. The Morgan fingerprint density at radius 2 is 1.68 bits per heavy atom. The first kappa shape index (κ1) is 15.6. The number of fused-ring (bicyclic) bond motifs is 1. The van der Waals surface area contributed by atoms with E-state index in [-0.39, 0.29) is 0 Å². The number of carbonyl (C=O) groups is 1. The summed E-state index contributed by atoms with van der Waals surface area (Å²) < 4.78 is 7.15. The van der Waals surface area contributed by atoms with Gasteiger partial charge in [-0.25, -0.2) is 0 Å². The quantitative estimate of drug-likeness (QED) is 0.418. The SMILES string of the molecule is O=Cc1cc(OCc2ccccc2)cc(-c2cc3ccccc3s2)c1. The van der Waals surface area contributed by atoms with E-state index in [0.717, 1.165) is 22.3 Å². The van der Waals surface area contributed by atoms with Gasteiger partial charge in [0.1, 0.15) is 18.6 Å². The molecule has 0 N–H and O–H groups in total. The van der Waals surface area contributed by atoms with Gasteiger partial charge in [-0.15, -0.1) is 11.3 Å². The predicted molar refractivity (Wildman–Crippen MR) is 103 cm³/mol. The fourth-order valence-electron chi connectivity index (χ4n) is 2.78. The molecule has 0 saturated heterocycles. The standard InChI is InChI=1S/C22H16O2S/c23-14-17-10-19(22-13-18-8-4-5-9-21(18)25-22)12-20(11-17)24-15-16-6-2-1-3-7-16/h1-14H,15H2. The summed E-state index contributed by atoms with van der Waals surface area (Å²) >= 11 is 1.72. The van der Waals surface area contributed by atoms with Crippen molar-refractivity contribution in [3.63, 3.8) is 0 Å². The summed E-state index contributed by atoms with van der Waals surface area (Å²) in [5.74, 6) is 0.709. The van der Waals surface area contributed by atoms with Gasteiger partial charge in [-0.05, 0) is 46.8 Å². The van der Waals surface area contributed by atoms with Crippen LogP contribution in [0, 0.1) is 0 Å². The molecular weight excluding hydrogens is 328 g/mol. The minimum atomic E-state index is 0.481. The van der Waals surface area contributed by atoms with Crippen molar-refractivity contribution in [1.29, 1.82) is 0 Å². The van der Waals surface area contributed by atoms with E-state index in [2.05, 4.69) is 18.2 Å². The van der Waals surface area contributed by atoms with Crippen LogP contribution in [-0.2, 0) is 6.61 Å². The molecule has 0 aliphatic heterocycles. The Kier molecular flexibility index (Phi) is 4.32. The molecule has 1 aromatic heterocycles. The highest BCUT2D eigenvalue weighted by atomic mass is 32.1. The highest BCUT2D eigenvalue weighted by molar-refractivity contribution is 7.22. The largest absolute Gasteiger partial charge is 0.489 e. The maximum absolute atomic E-state index is 11.3. The van der Waals surface area contributed by atoms with Crippen molar-refractivity contribution < 1.29 is 9.53 Å². The highest BCUT2D eigenvalue weighted by Crippen LogP contribution is 2.35. The summed E-state index contributed by atoms with van der Waals surface area (Å²) in [6.07, 6.45) is 0.867. The molecule has 0 aliphatic rings. The molecule has 4 aromatic rings. The molecule has 0 unspecified atom stereocenters. The Labute approximate surface area is 150 Å². The van der Waals surface area contributed by atoms with Crippen LogP contribution in [0.3, 0.4) is 0 Å². The summed E-state index contributed by atoms with van der Waals surface area (Å²) in [4.78, 5) is 12.5. The van der Waals surface area contributed by atoms with Crippen LogP contribution >= 0.6 is 11.3 Å². The summed E-state index contributed by atoms with van der Waals surface area (Å²) in [5.41, 5.74) is 2.73. The summed E-state index contributed by atoms with van der Waals surface area (Å²) in [7, 11) is 0. The second-order valence-corrected chi connectivity index (χ2v) is 6.92. The molecule has 0 aliphatic carbocycles. The molecule has 0 amide bonds. The minimum absolute atomic E-state index is 0.481. The lowest BCUT2D eigenvalue weighted by atomic mass is 10.1. The first-order valence-corrected chi connectivity index (χ1v) is 8.89. The van der Waals surface area contributed by atoms with Crippen LogP contribution in [-0.4, -0.2) is 6.29 Å². The van der Waals surface area contributed by atoms with Gasteiger partial charge in [-0.1, -0.05) is 48.5 Å². The summed E-state index contributed by atoms with van der Waals surface area (Å²) in [6.45, 7) is 0.481. The Morgan fingerprint density at radius 1 is 0.880 bits per heavy atom. The van der Waals surface area contributed by atoms with Crippen LogP contribution in [0.1, 0.15) is 15.9 Å². The molecule has 0 spiro atoms. The van der Waals surface area contributed by atoms with Crippen molar-refractivity contribution >= 4 is 27.7 Å². The van der Waals surface area contributed by atoms with E-state index in [0.29, 0.717) is 17.9 Å². The van der Waals surface area contributed by atoms with Crippen LogP contribution in [0.25, 0.3) is 20.5 Å². The predicted octanol–water partition coefficient (Wildman–Crippen LogP) is 5.96. The zero-order valence-electron chi connectivity index (χ0n) is 13.5. The zero-order valence-corrected chi connectivity index (χ0v) is 14.3. The van der Waals surface area contributed by atoms with Gasteiger partial charge in [-0.2, -0.15) is 0 Å². The van der Waals surface area contributed by atoms with Crippen LogP contribution in [0.4, 0.5) is 0 Å². The second kappa shape index (κ2) is 6.91. The van der Waals surface area contributed by atoms with E-state index in [4.69, 9.17) is 4.74 Å². The van der Waals surface area contributed by atoms with Gasteiger partial charge in [-0.3, -0.25) is 4.79 Å². The van der Waals surface area contributed by atoms with Gasteiger partial charge >= 0.3 is 0 Å². The average molecular weight is 344 g/mol. The molecule has 3 aromatic carbocycles. The van der Waals surface area contributed by atoms with E-state index < -0.39 is 0 Å². The number of aldehydes is 1. The fourth-order valence-corrected chi connectivity index (χ4v) is 3.83. The molecular formula is C22H16O2S. The van der Waals surface area contributed by atoms with E-state index in [1.807, 2.05) is 54.6 Å². The van der Waals surface area contributed by atoms with Gasteiger partial charge in [0.15, 0.2) is 0 Å². The van der Waals surface area contributed by atoms with Gasteiger partial charge in [0.25, 0.3) is 0 Å². The molecule has 0 fully saturated rings. The molecule has 25 heavy (non-hydrogen) atoms. The molecule has 0 saturated carbocycles. The van der Waals surface area contributed by atoms with Crippen molar-refractivity contribution in [3.8, 4) is 16.2 Å². The van der Waals surface area contributed by atoms with Crippen LogP contribution in [0.5, 0.6) is 5.75 Å². The lowest BCUT2D eigenvalue weighted by Gasteiger charge is -2.09. The van der Waals surface area contributed by atoms with Crippen molar-refractivity contribution in [2.45, 2.75) is 6.61 Å². The Morgan fingerprint density at radius 3 is 2.48 bits per heavy atom. The van der Waals surface area contributed by atoms with Gasteiger partial charge in [0.2, 0.25) is 0 Å². The number of hydrogen-bond donors (Lipinski definition) is 0. The molecule has 1 heterocycles. The van der Waals surface area contributed by atoms with Crippen molar-refractivity contribution in [2.75, 3.05) is 0 Å². The Bertz CT molecular complexity index is 986. The van der Waals surface area contributed by atoms with Crippen LogP contribution < -0.4 is 4.74 Å². The Balaban J connectivity index is 1.67. The van der Waals surface area contributed by atoms with Crippen molar-refractivity contribution in [1.82, 2.24) is 0 Å². The molecule has 2 nitrogen and oxygen atoms in total. The average Bonchev–Trinajstić information content (AvgIpc) is 3.11. The fraction of sp³-hybridized carbons (Fsp3) is 0.0455. The summed E-state index contributed by atoms with van der Waals surface area (Å²) in [6, 6.07) is 26.2. The van der Waals surface area contributed by atoms with Crippen molar-refractivity contribution in [2.24, 2.45) is 0 Å². The number of thiophene rings is 1. The third-order valence-electron chi connectivity index (χ3n) is 4.02. The van der Waals surface area contributed by atoms with Gasteiger partial charge in [0, 0.05) is 15.1 Å². The number of benzene rings is 3. The van der Waals surface area contributed by atoms with Gasteiger partial charge in [0.05, 0.1) is 0 Å². The first-order chi connectivity index (χ1) is 12.3. The molecule has 0 radical (unpaired) electrons. The highest BCUT2D eigenvalue weighted by Gasteiger charge is 2.08. The Hall–Kier alpha value is -2.91. The molecule has 0 atom stereocenters. The smallest absolute Gasteiger partial charge is 0.150 e. The molecule has 122 valence electrons. The van der Waals surface area contributed by atoms with E-state index in [9.17, 15) is 4.79 Å². The number of rotatable bonds is 5. The lowest BCUT2D eigenvalue weighted by Crippen LogP contribution is -1.96. The van der Waals surface area contributed by atoms with E-state index in [1.54, 1.807) is 17.4 Å². The maximum Gasteiger partial charge on any atom is 0.150 e. The maximum atomic E-state index is 11.3. The van der Waals surface area contributed by atoms with Crippen LogP contribution in [0.2, 0.25) is 0 Å². The molecule has 4 rings (SSSR count). The van der Waals surface area contributed by atoms with Gasteiger partial charge < -0.3 is 4.74 Å². The number of ether oxygens (including phenoxy) is 1. The first-order valence-electron chi connectivity index (χ1n) is 8.08. The second-order valence-electron chi connectivity index (χ2n) is 5.83. The minimum Gasteiger partial charge on any atom is -0.489 e. The topological polar surface area (TPSA) is 26.3 Å². The third kappa shape index (κ3) is 3.47.